The summed E-state index contributed by atoms with van der Waals surface area (Å²) in [5, 5.41) is 12.7. The molecule has 4 nitrogen and oxygen atoms in total. The van der Waals surface area contributed by atoms with Crippen molar-refractivity contribution in [2.45, 2.75) is 44.6 Å². The summed E-state index contributed by atoms with van der Waals surface area (Å²) in [6.45, 7) is -2.45. The summed E-state index contributed by atoms with van der Waals surface area (Å²) in [6.07, 6.45) is 2.08. The lowest BCUT2D eigenvalue weighted by molar-refractivity contribution is -0.0505. The normalized spacial score (nSPS) is 22.2. The highest BCUT2D eigenvalue weighted by molar-refractivity contribution is 5.40. The largest absolute Gasteiger partial charge is 0.497 e. The van der Waals surface area contributed by atoms with Gasteiger partial charge in [-0.2, -0.15) is 8.78 Å². The predicted molar refractivity (Wildman–Crippen MR) is 70.1 cm³/mol. The summed E-state index contributed by atoms with van der Waals surface area (Å²) >= 11 is 0. The number of ether oxygens (including phenoxy) is 2. The highest BCUT2D eigenvalue weighted by Gasteiger charge is 2.22. The van der Waals surface area contributed by atoms with Gasteiger partial charge in [-0.3, -0.25) is 0 Å². The van der Waals surface area contributed by atoms with Crippen LogP contribution in [0.25, 0.3) is 0 Å². The Kier molecular flexibility index (Phi) is 5.14. The van der Waals surface area contributed by atoms with Crippen molar-refractivity contribution in [3.63, 3.8) is 0 Å². The highest BCUT2D eigenvalue weighted by Crippen LogP contribution is 2.26. The van der Waals surface area contributed by atoms with E-state index in [0.29, 0.717) is 24.3 Å². The van der Waals surface area contributed by atoms with Gasteiger partial charge in [0.25, 0.3) is 0 Å². The van der Waals surface area contributed by atoms with Crippen LogP contribution in [-0.4, -0.2) is 31.0 Å². The highest BCUT2D eigenvalue weighted by atomic mass is 19.3. The van der Waals surface area contributed by atoms with Crippen molar-refractivity contribution in [3.05, 3.63) is 23.8 Å². The first kappa shape index (κ1) is 15.0. The van der Waals surface area contributed by atoms with Crippen LogP contribution in [0.15, 0.2) is 18.2 Å². The number of hydrogen-bond donors (Lipinski definition) is 2. The monoisotopic (exact) mass is 287 g/mol. The molecule has 6 heteroatoms. The zero-order valence-electron chi connectivity index (χ0n) is 11.3. The van der Waals surface area contributed by atoms with E-state index in [-0.39, 0.29) is 17.9 Å². The smallest absolute Gasteiger partial charge is 0.387 e. The van der Waals surface area contributed by atoms with Crippen molar-refractivity contribution in [3.8, 4) is 11.5 Å². The van der Waals surface area contributed by atoms with E-state index < -0.39 is 6.61 Å². The van der Waals surface area contributed by atoms with E-state index in [1.54, 1.807) is 12.1 Å². The second kappa shape index (κ2) is 6.85. The molecule has 2 rings (SSSR count). The molecule has 0 spiro atoms. The van der Waals surface area contributed by atoms with Crippen LogP contribution in [0.3, 0.4) is 0 Å². The number of rotatable bonds is 6. The molecular weight excluding hydrogens is 268 g/mol. The van der Waals surface area contributed by atoms with Crippen LogP contribution < -0.4 is 14.8 Å². The van der Waals surface area contributed by atoms with Crippen molar-refractivity contribution >= 4 is 0 Å². The summed E-state index contributed by atoms with van der Waals surface area (Å²) in [5.74, 6) is 0.738. The van der Waals surface area contributed by atoms with Crippen LogP contribution in [0, 0.1) is 0 Å². The van der Waals surface area contributed by atoms with Gasteiger partial charge in [0.1, 0.15) is 11.5 Å². The Morgan fingerprint density at radius 3 is 2.80 bits per heavy atom. The molecule has 0 radical (unpaired) electrons. The Labute approximate surface area is 116 Å². The second-order valence-corrected chi connectivity index (χ2v) is 4.90. The number of nitrogens with one attached hydrogen (secondary N) is 1. The van der Waals surface area contributed by atoms with E-state index in [0.717, 1.165) is 12.8 Å². The van der Waals surface area contributed by atoms with Gasteiger partial charge in [-0.15, -0.1) is 0 Å². The van der Waals surface area contributed by atoms with Gasteiger partial charge in [0.05, 0.1) is 13.2 Å². The second-order valence-electron chi connectivity index (χ2n) is 4.90. The zero-order valence-corrected chi connectivity index (χ0v) is 11.3. The topological polar surface area (TPSA) is 50.7 Å². The minimum absolute atomic E-state index is 0.145. The van der Waals surface area contributed by atoms with Crippen molar-refractivity contribution in [1.29, 1.82) is 0 Å². The zero-order chi connectivity index (χ0) is 14.5. The molecule has 1 saturated carbocycles. The third-order valence-electron chi connectivity index (χ3n) is 3.47. The van der Waals surface area contributed by atoms with E-state index in [2.05, 4.69) is 10.1 Å². The maximum atomic E-state index is 12.4. The molecule has 1 fully saturated rings. The first-order chi connectivity index (χ1) is 9.58. The summed E-state index contributed by atoms with van der Waals surface area (Å²) in [4.78, 5) is 0. The van der Waals surface area contributed by atoms with E-state index in [4.69, 9.17) is 4.74 Å². The average Bonchev–Trinajstić information content (AvgIpc) is 2.83. The molecule has 0 amide bonds. The number of hydrogen-bond acceptors (Lipinski definition) is 4. The van der Waals surface area contributed by atoms with Gasteiger partial charge in [0, 0.05) is 18.2 Å². The molecule has 0 saturated heterocycles. The quantitative estimate of drug-likeness (QED) is 0.843. The lowest BCUT2D eigenvalue weighted by Gasteiger charge is -2.16. The minimum atomic E-state index is -2.85. The van der Waals surface area contributed by atoms with Crippen LogP contribution in [0.5, 0.6) is 11.5 Å². The number of alkyl halides is 2. The van der Waals surface area contributed by atoms with Gasteiger partial charge in [-0.05, 0) is 37.5 Å². The third-order valence-corrected chi connectivity index (χ3v) is 3.47. The molecule has 0 aliphatic heterocycles. The van der Waals surface area contributed by atoms with Crippen LogP contribution in [0.2, 0.25) is 0 Å². The van der Waals surface area contributed by atoms with Gasteiger partial charge in [-0.1, -0.05) is 0 Å². The van der Waals surface area contributed by atoms with E-state index in [9.17, 15) is 13.9 Å². The van der Waals surface area contributed by atoms with Crippen molar-refractivity contribution in [1.82, 2.24) is 5.32 Å². The Hall–Kier alpha value is -1.40. The fraction of sp³-hybridized carbons (Fsp3) is 0.571. The summed E-state index contributed by atoms with van der Waals surface area (Å²) < 4.78 is 34.3. The molecule has 112 valence electrons. The van der Waals surface area contributed by atoms with Crippen LogP contribution in [0.1, 0.15) is 24.8 Å². The summed E-state index contributed by atoms with van der Waals surface area (Å²) in [5.41, 5.74) is 0.617. The maximum absolute atomic E-state index is 12.4. The molecule has 0 heterocycles. The number of aliphatic hydroxyl groups is 1. The molecule has 1 aliphatic rings. The van der Waals surface area contributed by atoms with Gasteiger partial charge in [0.2, 0.25) is 0 Å². The van der Waals surface area contributed by atoms with Crippen molar-refractivity contribution in [2.24, 2.45) is 0 Å². The molecule has 20 heavy (non-hydrogen) atoms. The lowest BCUT2D eigenvalue weighted by atomic mass is 10.1. The first-order valence-corrected chi connectivity index (χ1v) is 6.61. The molecule has 0 aromatic heterocycles. The average molecular weight is 287 g/mol. The number of aliphatic hydroxyl groups excluding tert-OH is 1. The van der Waals surface area contributed by atoms with E-state index in [1.807, 2.05) is 0 Å². The maximum Gasteiger partial charge on any atom is 0.387 e. The Bertz CT molecular complexity index is 442. The fourth-order valence-corrected chi connectivity index (χ4v) is 2.43. The molecule has 2 N–H and O–H groups in total. The Balaban J connectivity index is 2.03. The molecule has 0 bridgehead atoms. The molecule has 1 aromatic carbocycles. The van der Waals surface area contributed by atoms with E-state index >= 15 is 0 Å². The predicted octanol–water partition coefficient (Wildman–Crippen LogP) is 2.30. The van der Waals surface area contributed by atoms with Crippen LogP contribution in [0.4, 0.5) is 8.78 Å². The van der Waals surface area contributed by atoms with E-state index in [1.165, 1.54) is 13.2 Å². The number of halogens is 2. The Morgan fingerprint density at radius 1 is 1.40 bits per heavy atom. The fourth-order valence-electron chi connectivity index (χ4n) is 2.43. The lowest BCUT2D eigenvalue weighted by Crippen LogP contribution is -2.26. The van der Waals surface area contributed by atoms with Crippen molar-refractivity contribution < 1.29 is 23.4 Å². The SMILES string of the molecule is COc1ccc(OC(F)F)c(CN[C@H]2CC[C@@H](O)C2)c1. The number of methoxy groups -OCH3 is 1. The molecular formula is C14H19F2NO3. The van der Waals surface area contributed by atoms with Crippen LogP contribution in [-0.2, 0) is 6.54 Å². The van der Waals surface area contributed by atoms with Gasteiger partial charge >= 0.3 is 6.61 Å². The Morgan fingerprint density at radius 2 is 2.20 bits per heavy atom. The first-order valence-electron chi connectivity index (χ1n) is 6.61. The summed E-state index contributed by atoms with van der Waals surface area (Å²) in [6, 6.07) is 4.94. The summed E-state index contributed by atoms with van der Waals surface area (Å²) in [7, 11) is 1.52. The molecule has 1 aromatic rings. The van der Waals surface area contributed by atoms with Gasteiger partial charge in [0.15, 0.2) is 0 Å². The minimum Gasteiger partial charge on any atom is -0.497 e. The molecule has 2 atom stereocenters. The van der Waals surface area contributed by atoms with Gasteiger partial charge in [-0.25, -0.2) is 0 Å². The molecule has 0 unspecified atom stereocenters. The van der Waals surface area contributed by atoms with Crippen molar-refractivity contribution in [2.75, 3.05) is 7.11 Å². The third kappa shape index (κ3) is 4.05. The molecule has 1 aliphatic carbocycles. The van der Waals surface area contributed by atoms with Crippen LogP contribution >= 0.6 is 0 Å². The number of benzene rings is 1. The standard InChI is InChI=1S/C14H19F2NO3/c1-19-12-4-5-13(20-14(15)16)9(6-12)8-17-10-2-3-11(18)7-10/h4-6,10-11,14,17-18H,2-3,7-8H2,1H3/t10-,11+/m0/s1. The van der Waals surface area contributed by atoms with Gasteiger partial charge < -0.3 is 19.9 Å².